The fourth-order valence-corrected chi connectivity index (χ4v) is 0.472. The molecule has 0 radical (unpaired) electrons. The molecule has 0 aromatic rings. The molecule has 0 aromatic carbocycles. The number of carbonyl (C=O) groups is 1. The Hall–Kier alpha value is -0.990. The number of hydrogen-bond donors (Lipinski definition) is 6. The van der Waals surface area contributed by atoms with Crippen molar-refractivity contribution in [2.45, 2.75) is 18.3 Å². The van der Waals surface area contributed by atoms with Gasteiger partial charge in [0, 0.05) is 6.08 Å². The first kappa shape index (κ1) is 16.4. The summed E-state index contributed by atoms with van der Waals surface area (Å²) in [5, 5.41) is 50.2. The Morgan fingerprint density at radius 3 is 1.53 bits per heavy atom. The van der Waals surface area contributed by atoms with Crippen molar-refractivity contribution < 1.29 is 35.4 Å². The van der Waals surface area contributed by atoms with Crippen LogP contribution in [0.2, 0.25) is 0 Å². The maximum Gasteiger partial charge on any atom is 0.327 e. The molecule has 90 valence electrons. The smallest absolute Gasteiger partial charge is 0.327 e. The van der Waals surface area contributed by atoms with Crippen LogP contribution in [0.25, 0.3) is 0 Å². The summed E-state index contributed by atoms with van der Waals surface area (Å²) in [7, 11) is 0. The molecule has 7 nitrogen and oxygen atoms in total. The lowest BCUT2D eigenvalue weighted by Crippen LogP contribution is -2.41. The quantitative estimate of drug-likeness (QED) is 0.279. The largest absolute Gasteiger partial charge is 0.478 e. The van der Waals surface area contributed by atoms with Gasteiger partial charge in [-0.05, 0) is 0 Å². The van der Waals surface area contributed by atoms with Crippen molar-refractivity contribution in [1.29, 1.82) is 0 Å². The highest BCUT2D eigenvalue weighted by Gasteiger charge is 2.22. The minimum Gasteiger partial charge on any atom is -0.478 e. The molecular formula is C8H16O7. The zero-order valence-corrected chi connectivity index (χ0v) is 8.02. The molecule has 0 aromatic heterocycles. The van der Waals surface area contributed by atoms with Gasteiger partial charge in [0.2, 0.25) is 0 Å². The van der Waals surface area contributed by atoms with E-state index < -0.39 is 37.5 Å². The van der Waals surface area contributed by atoms with Crippen LogP contribution in [-0.4, -0.2) is 68.1 Å². The Kier molecular flexibility index (Phi) is 10.5. The predicted octanol–water partition coefficient (Wildman–Crippen LogP) is -2.69. The van der Waals surface area contributed by atoms with E-state index in [1.807, 2.05) is 0 Å². The molecule has 0 saturated carbocycles. The van der Waals surface area contributed by atoms with E-state index in [0.717, 1.165) is 6.08 Å². The van der Waals surface area contributed by atoms with Crippen LogP contribution >= 0.6 is 0 Å². The van der Waals surface area contributed by atoms with E-state index in [4.69, 9.17) is 30.6 Å². The molecule has 0 spiro atoms. The predicted molar refractivity (Wildman–Crippen MR) is 50.0 cm³/mol. The van der Waals surface area contributed by atoms with Crippen LogP contribution in [0.1, 0.15) is 0 Å². The zero-order valence-electron chi connectivity index (χ0n) is 8.02. The molecule has 0 aliphatic heterocycles. The summed E-state index contributed by atoms with van der Waals surface area (Å²) in [6.07, 6.45) is -3.46. The van der Waals surface area contributed by atoms with Gasteiger partial charge in [-0.3, -0.25) is 0 Å². The summed E-state index contributed by atoms with van der Waals surface area (Å²) in [6, 6.07) is 0. The van der Waals surface area contributed by atoms with Crippen LogP contribution in [0.5, 0.6) is 0 Å². The Morgan fingerprint density at radius 1 is 1.13 bits per heavy atom. The molecule has 0 bridgehead atoms. The van der Waals surface area contributed by atoms with Crippen molar-refractivity contribution in [3.8, 4) is 0 Å². The fraction of sp³-hybridized carbons (Fsp3) is 0.625. The minimum atomic E-state index is -1.49. The molecule has 0 aliphatic carbocycles. The lowest BCUT2D eigenvalue weighted by molar-refractivity contribution is -0.131. The van der Waals surface area contributed by atoms with Gasteiger partial charge in [0.05, 0.1) is 13.2 Å². The molecule has 0 saturated heterocycles. The van der Waals surface area contributed by atoms with E-state index in [0.29, 0.717) is 0 Å². The monoisotopic (exact) mass is 224 g/mol. The van der Waals surface area contributed by atoms with Crippen LogP contribution < -0.4 is 0 Å². The third kappa shape index (κ3) is 9.32. The van der Waals surface area contributed by atoms with Crippen LogP contribution in [0.3, 0.4) is 0 Å². The molecule has 2 atom stereocenters. The van der Waals surface area contributed by atoms with E-state index in [1.165, 1.54) is 0 Å². The highest BCUT2D eigenvalue weighted by Crippen LogP contribution is 1.97. The van der Waals surface area contributed by atoms with Crippen LogP contribution in [0, 0.1) is 0 Å². The second-order valence-electron chi connectivity index (χ2n) is 2.53. The van der Waals surface area contributed by atoms with Gasteiger partial charge < -0.3 is 30.6 Å². The van der Waals surface area contributed by atoms with E-state index in [1.54, 1.807) is 0 Å². The summed E-state index contributed by atoms with van der Waals surface area (Å²) in [5.41, 5.74) is 0. The van der Waals surface area contributed by atoms with E-state index >= 15 is 0 Å². The van der Waals surface area contributed by atoms with Gasteiger partial charge in [0.1, 0.15) is 18.3 Å². The fourth-order valence-electron chi connectivity index (χ4n) is 0.472. The van der Waals surface area contributed by atoms with E-state index in [9.17, 15) is 4.79 Å². The Morgan fingerprint density at radius 2 is 1.40 bits per heavy atom. The van der Waals surface area contributed by atoms with E-state index in [2.05, 4.69) is 6.58 Å². The van der Waals surface area contributed by atoms with Gasteiger partial charge in [0.15, 0.2) is 0 Å². The highest BCUT2D eigenvalue weighted by atomic mass is 16.4. The molecule has 0 amide bonds. The Bertz CT molecular complexity index is 172. The lowest BCUT2D eigenvalue weighted by Gasteiger charge is -2.19. The van der Waals surface area contributed by atoms with Crippen LogP contribution in [0.4, 0.5) is 0 Å². The number of hydrogen-bond acceptors (Lipinski definition) is 6. The summed E-state index contributed by atoms with van der Waals surface area (Å²) >= 11 is 0. The van der Waals surface area contributed by atoms with Gasteiger partial charge in [0.25, 0.3) is 0 Å². The van der Waals surface area contributed by atoms with Crippen molar-refractivity contribution in [2.75, 3.05) is 13.2 Å². The molecule has 6 N–H and O–H groups in total. The topological polar surface area (TPSA) is 138 Å². The first-order valence-electron chi connectivity index (χ1n) is 4.01. The summed E-state index contributed by atoms with van der Waals surface area (Å²) in [5.74, 6) is -0.981. The molecule has 0 fully saturated rings. The van der Waals surface area contributed by atoms with Gasteiger partial charge in [-0.15, -0.1) is 0 Å². The van der Waals surface area contributed by atoms with Crippen molar-refractivity contribution in [1.82, 2.24) is 0 Å². The highest BCUT2D eigenvalue weighted by molar-refractivity contribution is 5.78. The van der Waals surface area contributed by atoms with E-state index in [-0.39, 0.29) is 0 Å². The number of aliphatic hydroxyl groups is 5. The average Bonchev–Trinajstić information content (AvgIpc) is 2.26. The number of rotatable bonds is 5. The van der Waals surface area contributed by atoms with Crippen molar-refractivity contribution in [3.63, 3.8) is 0 Å². The lowest BCUT2D eigenvalue weighted by atomic mass is 10.1. The zero-order chi connectivity index (χ0) is 12.4. The first-order valence-corrected chi connectivity index (χ1v) is 4.01. The second kappa shape index (κ2) is 9.56. The maximum absolute atomic E-state index is 9.25. The third-order valence-electron chi connectivity index (χ3n) is 1.34. The van der Waals surface area contributed by atoms with Crippen LogP contribution in [-0.2, 0) is 4.79 Å². The maximum atomic E-state index is 9.25. The number of carboxylic acid groups (broad SMARTS) is 1. The SMILES string of the molecule is C=CC(=O)O.OCC(O)C(O)C(O)CO. The molecule has 0 rings (SSSR count). The van der Waals surface area contributed by atoms with Gasteiger partial charge >= 0.3 is 5.97 Å². The van der Waals surface area contributed by atoms with Crippen molar-refractivity contribution in [3.05, 3.63) is 12.7 Å². The normalized spacial score (nSPS) is 15.5. The Labute approximate surface area is 86.5 Å². The molecule has 7 heteroatoms. The van der Waals surface area contributed by atoms with Gasteiger partial charge in [-0.2, -0.15) is 0 Å². The van der Waals surface area contributed by atoms with Gasteiger partial charge in [-0.25, -0.2) is 4.79 Å². The molecule has 0 heterocycles. The Balaban J connectivity index is 0. The molecule has 2 unspecified atom stereocenters. The van der Waals surface area contributed by atoms with Gasteiger partial charge in [-0.1, -0.05) is 6.58 Å². The summed E-state index contributed by atoms with van der Waals surface area (Å²) in [4.78, 5) is 9.25. The van der Waals surface area contributed by atoms with Crippen molar-refractivity contribution >= 4 is 5.97 Å². The van der Waals surface area contributed by atoms with Crippen LogP contribution in [0.15, 0.2) is 12.7 Å². The number of aliphatic carboxylic acids is 1. The van der Waals surface area contributed by atoms with Crippen molar-refractivity contribution in [2.24, 2.45) is 0 Å². The number of aliphatic hydroxyl groups excluding tert-OH is 5. The average molecular weight is 224 g/mol. The molecule has 0 aliphatic rings. The minimum absolute atomic E-state index is 0.641. The molecular weight excluding hydrogens is 208 g/mol. The first-order chi connectivity index (χ1) is 6.90. The third-order valence-corrected chi connectivity index (χ3v) is 1.34. The second-order valence-corrected chi connectivity index (χ2v) is 2.53. The number of carboxylic acids is 1. The molecule has 15 heavy (non-hydrogen) atoms. The summed E-state index contributed by atoms with van der Waals surface area (Å²) in [6.45, 7) is 1.68. The summed E-state index contributed by atoms with van der Waals surface area (Å²) < 4.78 is 0. The standard InChI is InChI=1S/C5H12O5.C3H4O2/c6-1-3(8)5(10)4(9)2-7;1-2-3(4)5/h3-10H,1-2H2;2H,1H2,(H,4,5).